The van der Waals surface area contributed by atoms with Gasteiger partial charge in [-0.15, -0.1) is 0 Å². The molecule has 0 spiro atoms. The minimum Gasteiger partial charge on any atom is -0.451 e. The summed E-state index contributed by atoms with van der Waals surface area (Å²) in [6.45, 7) is 4.40. The van der Waals surface area contributed by atoms with Gasteiger partial charge in [0.1, 0.15) is 11.4 Å². The van der Waals surface area contributed by atoms with Crippen LogP contribution in [-0.2, 0) is 13.0 Å². The van der Waals surface area contributed by atoms with E-state index in [1.165, 1.54) is 5.56 Å². The van der Waals surface area contributed by atoms with Gasteiger partial charge >= 0.3 is 0 Å². The number of rotatable bonds is 5. The summed E-state index contributed by atoms with van der Waals surface area (Å²) in [7, 11) is 0. The summed E-state index contributed by atoms with van der Waals surface area (Å²) in [4.78, 5) is 19.5. The maximum absolute atomic E-state index is 13.5. The molecule has 0 atom stereocenters. The van der Waals surface area contributed by atoms with Gasteiger partial charge in [0, 0.05) is 22.2 Å². The van der Waals surface area contributed by atoms with Gasteiger partial charge < -0.3 is 4.42 Å². The molecule has 2 aromatic heterocycles. The van der Waals surface area contributed by atoms with Crippen LogP contribution in [0.3, 0.4) is 0 Å². The molecule has 0 aliphatic rings. The van der Waals surface area contributed by atoms with Crippen LogP contribution in [0.4, 0.5) is 5.82 Å². The Labute approximate surface area is 174 Å². The second-order valence-corrected chi connectivity index (χ2v) is 7.38. The zero-order chi connectivity index (χ0) is 20.4. The number of nitrogens with zero attached hydrogens (tertiary/aromatic N) is 2. The lowest BCUT2D eigenvalue weighted by molar-refractivity contribution is 0.0959. The molecule has 0 unspecified atom stereocenters. The van der Waals surface area contributed by atoms with Crippen molar-refractivity contribution in [2.24, 2.45) is 0 Å². The molecule has 0 aliphatic heterocycles. The maximum atomic E-state index is 13.5. The Morgan fingerprint density at radius 1 is 1.07 bits per heavy atom. The van der Waals surface area contributed by atoms with Crippen molar-refractivity contribution in [3.05, 3.63) is 94.3 Å². The number of carbonyl (C=O) groups is 1. The van der Waals surface area contributed by atoms with E-state index >= 15 is 0 Å². The van der Waals surface area contributed by atoms with Crippen molar-refractivity contribution in [1.82, 2.24) is 4.98 Å². The van der Waals surface area contributed by atoms with Gasteiger partial charge in [0.15, 0.2) is 5.76 Å². The van der Waals surface area contributed by atoms with Gasteiger partial charge in [-0.2, -0.15) is 0 Å². The molecular formula is C24H21ClN2O2. The number of aryl methyl sites for hydroxylation is 2. The Bertz CT molecular complexity index is 1150. The first kappa shape index (κ1) is 19.2. The molecule has 0 radical (unpaired) electrons. The topological polar surface area (TPSA) is 46.3 Å². The minimum absolute atomic E-state index is 0.229. The van der Waals surface area contributed by atoms with Crippen LogP contribution in [0.25, 0.3) is 11.0 Å². The zero-order valence-corrected chi connectivity index (χ0v) is 17.1. The number of hydrogen-bond donors (Lipinski definition) is 0. The molecule has 4 aromatic rings. The van der Waals surface area contributed by atoms with E-state index in [2.05, 4.69) is 24.0 Å². The Morgan fingerprint density at radius 3 is 2.52 bits per heavy atom. The molecule has 0 saturated heterocycles. The van der Waals surface area contributed by atoms with E-state index < -0.39 is 0 Å². The van der Waals surface area contributed by atoms with Gasteiger partial charge in [-0.25, -0.2) is 4.98 Å². The number of amides is 1. The first-order chi connectivity index (χ1) is 14.1. The van der Waals surface area contributed by atoms with Crippen LogP contribution in [0, 0.1) is 6.92 Å². The molecule has 0 saturated carbocycles. The Balaban J connectivity index is 1.74. The van der Waals surface area contributed by atoms with E-state index in [1.54, 1.807) is 23.2 Å². The Kier molecular flexibility index (Phi) is 5.36. The Morgan fingerprint density at radius 2 is 1.83 bits per heavy atom. The van der Waals surface area contributed by atoms with Crippen molar-refractivity contribution in [2.45, 2.75) is 26.8 Å². The van der Waals surface area contributed by atoms with Crippen molar-refractivity contribution in [3.63, 3.8) is 0 Å². The van der Waals surface area contributed by atoms with E-state index in [0.29, 0.717) is 28.7 Å². The predicted octanol–water partition coefficient (Wildman–Crippen LogP) is 6.20. The summed E-state index contributed by atoms with van der Waals surface area (Å²) >= 11 is 6.12. The standard InChI is InChI=1S/C24H21ClN2O2/c1-3-17-7-9-18(10-8-17)15-27(22-6-4-5-13-26-22)24(28)23-16(2)20-14-19(25)11-12-21(20)29-23/h4-14H,3,15H2,1-2H3. The molecule has 4 nitrogen and oxygen atoms in total. The molecule has 2 heterocycles. The number of carbonyl (C=O) groups excluding carboxylic acids is 1. The van der Waals surface area contributed by atoms with Crippen molar-refractivity contribution >= 4 is 34.3 Å². The first-order valence-electron chi connectivity index (χ1n) is 9.56. The highest BCUT2D eigenvalue weighted by molar-refractivity contribution is 6.31. The highest BCUT2D eigenvalue weighted by Gasteiger charge is 2.25. The third-order valence-corrected chi connectivity index (χ3v) is 5.27. The van der Waals surface area contributed by atoms with Crippen LogP contribution in [0.1, 0.15) is 34.2 Å². The SMILES string of the molecule is CCc1ccc(CN(C(=O)c2oc3ccc(Cl)cc3c2C)c2ccccn2)cc1. The van der Waals surface area contributed by atoms with Gasteiger partial charge in [-0.3, -0.25) is 9.69 Å². The van der Waals surface area contributed by atoms with E-state index in [4.69, 9.17) is 16.0 Å². The Hall–Kier alpha value is -3.11. The highest BCUT2D eigenvalue weighted by Crippen LogP contribution is 2.30. The van der Waals surface area contributed by atoms with Crippen molar-refractivity contribution < 1.29 is 9.21 Å². The third-order valence-electron chi connectivity index (χ3n) is 5.04. The predicted molar refractivity (Wildman–Crippen MR) is 117 cm³/mol. The van der Waals surface area contributed by atoms with E-state index in [1.807, 2.05) is 43.3 Å². The molecular weight excluding hydrogens is 384 g/mol. The third kappa shape index (κ3) is 3.89. The normalized spacial score (nSPS) is 11.0. The van der Waals surface area contributed by atoms with Gasteiger partial charge in [-0.05, 0) is 54.8 Å². The fourth-order valence-electron chi connectivity index (χ4n) is 3.35. The molecule has 0 aliphatic carbocycles. The summed E-state index contributed by atoms with van der Waals surface area (Å²) in [5, 5.41) is 1.45. The second kappa shape index (κ2) is 8.10. The van der Waals surface area contributed by atoms with Crippen molar-refractivity contribution in [3.8, 4) is 0 Å². The number of hydrogen-bond acceptors (Lipinski definition) is 3. The van der Waals surface area contributed by atoms with Gasteiger partial charge in [0.2, 0.25) is 0 Å². The number of halogens is 1. The van der Waals surface area contributed by atoms with Crippen LogP contribution in [0.15, 0.2) is 71.3 Å². The molecule has 0 bridgehead atoms. The number of anilines is 1. The molecule has 1 amide bonds. The van der Waals surface area contributed by atoms with Crippen LogP contribution < -0.4 is 4.90 Å². The van der Waals surface area contributed by atoms with Gasteiger partial charge in [0.05, 0.1) is 6.54 Å². The van der Waals surface area contributed by atoms with Crippen LogP contribution in [0.2, 0.25) is 5.02 Å². The number of pyridine rings is 1. The molecule has 0 fully saturated rings. The minimum atomic E-state index is -0.229. The van der Waals surface area contributed by atoms with Crippen LogP contribution in [-0.4, -0.2) is 10.9 Å². The molecule has 5 heteroatoms. The van der Waals surface area contributed by atoms with E-state index in [-0.39, 0.29) is 5.91 Å². The van der Waals surface area contributed by atoms with Crippen molar-refractivity contribution in [2.75, 3.05) is 4.90 Å². The summed E-state index contributed by atoms with van der Waals surface area (Å²) in [6.07, 6.45) is 2.66. The van der Waals surface area contributed by atoms with Crippen molar-refractivity contribution in [1.29, 1.82) is 0 Å². The second-order valence-electron chi connectivity index (χ2n) is 6.95. The summed E-state index contributed by atoms with van der Waals surface area (Å²) in [5.41, 5.74) is 3.70. The number of furan rings is 1. The summed E-state index contributed by atoms with van der Waals surface area (Å²) in [6, 6.07) is 19.2. The molecule has 2 aromatic carbocycles. The smallest absolute Gasteiger partial charge is 0.295 e. The average Bonchev–Trinajstić information content (AvgIpc) is 3.08. The fourth-order valence-corrected chi connectivity index (χ4v) is 3.53. The molecule has 146 valence electrons. The lowest BCUT2D eigenvalue weighted by Gasteiger charge is -2.21. The monoisotopic (exact) mass is 404 g/mol. The summed E-state index contributed by atoms with van der Waals surface area (Å²) < 4.78 is 5.91. The quantitative estimate of drug-likeness (QED) is 0.398. The van der Waals surface area contributed by atoms with Gasteiger partial charge in [-0.1, -0.05) is 48.9 Å². The molecule has 4 rings (SSSR count). The van der Waals surface area contributed by atoms with Crippen LogP contribution in [0.5, 0.6) is 0 Å². The number of aromatic nitrogens is 1. The lowest BCUT2D eigenvalue weighted by Crippen LogP contribution is -2.31. The average molecular weight is 405 g/mol. The van der Waals surface area contributed by atoms with E-state index in [9.17, 15) is 4.79 Å². The number of fused-ring (bicyclic) bond motifs is 1. The van der Waals surface area contributed by atoms with Crippen LogP contribution >= 0.6 is 11.6 Å². The maximum Gasteiger partial charge on any atom is 0.295 e. The fraction of sp³-hybridized carbons (Fsp3) is 0.167. The van der Waals surface area contributed by atoms with E-state index in [0.717, 1.165) is 22.9 Å². The van der Waals surface area contributed by atoms with Gasteiger partial charge in [0.25, 0.3) is 5.91 Å². The molecule has 0 N–H and O–H groups in total. The summed E-state index contributed by atoms with van der Waals surface area (Å²) in [5.74, 6) is 0.654. The zero-order valence-electron chi connectivity index (χ0n) is 16.4. The largest absolute Gasteiger partial charge is 0.451 e. The molecule has 29 heavy (non-hydrogen) atoms. The number of benzene rings is 2. The first-order valence-corrected chi connectivity index (χ1v) is 9.94. The highest BCUT2D eigenvalue weighted by atomic mass is 35.5. The lowest BCUT2D eigenvalue weighted by atomic mass is 10.1.